The van der Waals surface area contributed by atoms with Gasteiger partial charge in [-0.3, -0.25) is 4.79 Å². The van der Waals surface area contributed by atoms with Gasteiger partial charge < -0.3 is 10.5 Å². The number of ketones is 1. The van der Waals surface area contributed by atoms with Crippen molar-refractivity contribution >= 4 is 22.5 Å². The second-order valence-corrected chi connectivity index (χ2v) is 4.94. The summed E-state index contributed by atoms with van der Waals surface area (Å²) in [6.07, 6.45) is 1.49. The minimum Gasteiger partial charge on any atom is -0.497 e. The maximum atomic E-state index is 11.7. The lowest BCUT2D eigenvalue weighted by Gasteiger charge is -2.08. The summed E-state index contributed by atoms with van der Waals surface area (Å²) in [5.74, 6) is 1.00. The van der Waals surface area contributed by atoms with E-state index in [1.807, 2.05) is 36.4 Å². The van der Waals surface area contributed by atoms with Crippen LogP contribution in [0.5, 0.6) is 5.75 Å². The number of nitrogens with two attached hydrogens (primary N) is 1. The summed E-state index contributed by atoms with van der Waals surface area (Å²) in [6.45, 7) is 1.50. The van der Waals surface area contributed by atoms with E-state index in [4.69, 9.17) is 10.5 Å². The van der Waals surface area contributed by atoms with Crippen LogP contribution in [0.4, 0.5) is 5.82 Å². The lowest BCUT2D eigenvalue weighted by molar-refractivity contribution is 0.101. The van der Waals surface area contributed by atoms with Crippen molar-refractivity contribution in [1.29, 1.82) is 0 Å². The first-order valence-corrected chi connectivity index (χ1v) is 6.80. The zero-order valence-electron chi connectivity index (χ0n) is 12.3. The zero-order chi connectivity index (χ0) is 15.7. The van der Waals surface area contributed by atoms with E-state index in [0.717, 1.165) is 17.0 Å². The van der Waals surface area contributed by atoms with Gasteiger partial charge in [0.1, 0.15) is 17.1 Å². The number of benzene rings is 1. The number of nitrogen functional groups attached to an aromatic ring is 1. The number of hydrogen-bond donors (Lipinski definition) is 1. The zero-order valence-corrected chi connectivity index (χ0v) is 12.3. The molecule has 0 fully saturated rings. The van der Waals surface area contributed by atoms with E-state index in [-0.39, 0.29) is 5.78 Å². The van der Waals surface area contributed by atoms with Crippen molar-refractivity contribution in [3.63, 3.8) is 0 Å². The highest BCUT2D eigenvalue weighted by Gasteiger charge is 2.12. The Balaban J connectivity index is 2.21. The molecule has 2 heterocycles. The van der Waals surface area contributed by atoms with E-state index in [1.54, 1.807) is 7.11 Å². The van der Waals surface area contributed by atoms with Crippen LogP contribution in [0.15, 0.2) is 42.6 Å². The third kappa shape index (κ3) is 2.37. The van der Waals surface area contributed by atoms with Crippen LogP contribution in [0.2, 0.25) is 0 Å². The van der Waals surface area contributed by atoms with Crippen molar-refractivity contribution < 1.29 is 9.53 Å². The number of Topliss-reactive ketones (excluding diaryl/α,β-unsaturated/α-hetero) is 1. The van der Waals surface area contributed by atoms with Gasteiger partial charge in [-0.2, -0.15) is 0 Å². The van der Waals surface area contributed by atoms with E-state index in [2.05, 4.69) is 9.97 Å². The molecule has 0 atom stereocenters. The molecule has 5 nitrogen and oxygen atoms in total. The number of methoxy groups -OCH3 is 1. The van der Waals surface area contributed by atoms with E-state index >= 15 is 0 Å². The van der Waals surface area contributed by atoms with Crippen LogP contribution in [-0.2, 0) is 0 Å². The number of nitrogens with zero attached hydrogens (tertiary/aromatic N) is 2. The summed E-state index contributed by atoms with van der Waals surface area (Å²) in [5, 5.41) is 0.714. The number of hydrogen-bond acceptors (Lipinski definition) is 5. The van der Waals surface area contributed by atoms with Gasteiger partial charge >= 0.3 is 0 Å². The molecule has 0 aliphatic carbocycles. The van der Waals surface area contributed by atoms with E-state index in [0.29, 0.717) is 22.3 Å². The number of pyridine rings is 2. The summed E-state index contributed by atoms with van der Waals surface area (Å²) in [6, 6.07) is 11.3. The Morgan fingerprint density at radius 1 is 1.23 bits per heavy atom. The highest BCUT2D eigenvalue weighted by molar-refractivity contribution is 6.08. The number of aromatic nitrogens is 2. The fourth-order valence-corrected chi connectivity index (χ4v) is 2.36. The van der Waals surface area contributed by atoms with Gasteiger partial charge in [-0.25, -0.2) is 9.97 Å². The summed E-state index contributed by atoms with van der Waals surface area (Å²) >= 11 is 0. The van der Waals surface area contributed by atoms with Crippen molar-refractivity contribution in [3.8, 4) is 17.0 Å². The largest absolute Gasteiger partial charge is 0.497 e. The Hall–Kier alpha value is -2.95. The minimum atomic E-state index is -0.0616. The third-order valence-corrected chi connectivity index (χ3v) is 3.51. The molecule has 0 amide bonds. The average molecular weight is 293 g/mol. The van der Waals surface area contributed by atoms with E-state index in [1.165, 1.54) is 13.1 Å². The highest BCUT2D eigenvalue weighted by atomic mass is 16.5. The van der Waals surface area contributed by atoms with Crippen LogP contribution in [0.3, 0.4) is 0 Å². The maximum absolute atomic E-state index is 11.7. The molecular weight excluding hydrogens is 278 g/mol. The van der Waals surface area contributed by atoms with Crippen LogP contribution >= 0.6 is 0 Å². The molecule has 0 unspecified atom stereocenters. The van der Waals surface area contributed by atoms with Gasteiger partial charge in [-0.1, -0.05) is 12.1 Å². The van der Waals surface area contributed by atoms with Crippen molar-refractivity contribution in [1.82, 2.24) is 9.97 Å². The van der Waals surface area contributed by atoms with Gasteiger partial charge in [0.2, 0.25) is 0 Å². The van der Waals surface area contributed by atoms with Gasteiger partial charge in [0.05, 0.1) is 12.8 Å². The second-order valence-electron chi connectivity index (χ2n) is 4.94. The lowest BCUT2D eigenvalue weighted by atomic mass is 10.1. The van der Waals surface area contributed by atoms with E-state index in [9.17, 15) is 4.79 Å². The molecule has 0 aliphatic rings. The highest BCUT2D eigenvalue weighted by Crippen LogP contribution is 2.27. The number of fused-ring (bicyclic) bond motifs is 1. The van der Waals surface area contributed by atoms with Crippen molar-refractivity contribution in [2.24, 2.45) is 0 Å². The van der Waals surface area contributed by atoms with Crippen LogP contribution < -0.4 is 10.5 Å². The molecule has 0 radical (unpaired) electrons. The van der Waals surface area contributed by atoms with Crippen molar-refractivity contribution in [2.75, 3.05) is 12.8 Å². The van der Waals surface area contributed by atoms with E-state index < -0.39 is 0 Å². The SMILES string of the molecule is COc1cccc(-c2ccc3c(C(C)=O)cnc(N)c3n2)c1. The first kappa shape index (κ1) is 14.0. The Morgan fingerprint density at radius 2 is 2.05 bits per heavy atom. The molecule has 0 aliphatic heterocycles. The van der Waals surface area contributed by atoms with Gasteiger partial charge in [0.15, 0.2) is 5.78 Å². The van der Waals surface area contributed by atoms with Gasteiger partial charge in [-0.05, 0) is 31.2 Å². The number of carbonyl (C=O) groups is 1. The summed E-state index contributed by atoms with van der Waals surface area (Å²) in [5.41, 5.74) is 8.64. The molecule has 0 saturated carbocycles. The van der Waals surface area contributed by atoms with Crippen LogP contribution in [0.25, 0.3) is 22.2 Å². The maximum Gasteiger partial charge on any atom is 0.162 e. The molecule has 0 bridgehead atoms. The van der Waals surface area contributed by atoms with Crippen molar-refractivity contribution in [3.05, 3.63) is 48.2 Å². The molecule has 1 aromatic carbocycles. The Morgan fingerprint density at radius 3 is 2.77 bits per heavy atom. The average Bonchev–Trinajstić information content (AvgIpc) is 2.54. The molecule has 22 heavy (non-hydrogen) atoms. The van der Waals surface area contributed by atoms with Crippen molar-refractivity contribution in [2.45, 2.75) is 6.92 Å². The number of ether oxygens (including phenoxy) is 1. The predicted molar refractivity (Wildman–Crippen MR) is 85.9 cm³/mol. The Labute approximate surface area is 127 Å². The summed E-state index contributed by atoms with van der Waals surface area (Å²) in [4.78, 5) is 20.3. The molecule has 110 valence electrons. The minimum absolute atomic E-state index is 0.0616. The Kier molecular flexibility index (Phi) is 3.47. The monoisotopic (exact) mass is 293 g/mol. The topological polar surface area (TPSA) is 78.1 Å². The molecule has 3 aromatic rings. The molecule has 0 saturated heterocycles. The first-order chi connectivity index (χ1) is 10.6. The summed E-state index contributed by atoms with van der Waals surface area (Å²) in [7, 11) is 1.62. The molecule has 0 spiro atoms. The normalized spacial score (nSPS) is 10.6. The second kappa shape index (κ2) is 5.44. The quantitative estimate of drug-likeness (QED) is 0.751. The fourth-order valence-electron chi connectivity index (χ4n) is 2.36. The fraction of sp³-hybridized carbons (Fsp3) is 0.118. The predicted octanol–water partition coefficient (Wildman–Crippen LogP) is 3.09. The van der Waals surface area contributed by atoms with Gasteiger partial charge in [-0.15, -0.1) is 0 Å². The van der Waals surface area contributed by atoms with Crippen LogP contribution in [0.1, 0.15) is 17.3 Å². The smallest absolute Gasteiger partial charge is 0.162 e. The summed E-state index contributed by atoms with van der Waals surface area (Å²) < 4.78 is 5.23. The standard InChI is InChI=1S/C17H15N3O2/c1-10(21)14-9-19-17(18)16-13(14)6-7-15(20-16)11-4-3-5-12(8-11)22-2/h3-9H,1-2H3,(H2,18,19). The Bertz CT molecular complexity index is 875. The molecule has 3 rings (SSSR count). The number of rotatable bonds is 3. The lowest BCUT2D eigenvalue weighted by Crippen LogP contribution is -2.01. The van der Waals surface area contributed by atoms with Gasteiger partial charge in [0.25, 0.3) is 0 Å². The van der Waals surface area contributed by atoms with Crippen LogP contribution in [0, 0.1) is 0 Å². The van der Waals surface area contributed by atoms with Crippen LogP contribution in [-0.4, -0.2) is 22.9 Å². The number of carbonyl (C=O) groups excluding carboxylic acids is 1. The molecule has 2 aromatic heterocycles. The molecule has 2 N–H and O–H groups in total. The third-order valence-electron chi connectivity index (χ3n) is 3.51. The first-order valence-electron chi connectivity index (χ1n) is 6.80. The van der Waals surface area contributed by atoms with Gasteiger partial charge in [0, 0.05) is 22.7 Å². The molecule has 5 heteroatoms. The number of anilines is 1. The molecular formula is C17H15N3O2.